The SMILES string of the molecule is NC(Cc1ccc(F)cc1)C(=O)NCCN1CCOCC1. The Bertz CT molecular complexity index is 447. The van der Waals surface area contributed by atoms with Crippen LogP contribution in [0.25, 0.3) is 0 Å². The van der Waals surface area contributed by atoms with Crippen LogP contribution in [0.5, 0.6) is 0 Å². The maximum absolute atomic E-state index is 12.8. The van der Waals surface area contributed by atoms with E-state index in [-0.39, 0.29) is 11.7 Å². The molecule has 2 rings (SSSR count). The van der Waals surface area contributed by atoms with Gasteiger partial charge in [-0.15, -0.1) is 0 Å². The summed E-state index contributed by atoms with van der Waals surface area (Å²) in [6.07, 6.45) is 0.406. The maximum Gasteiger partial charge on any atom is 0.237 e. The molecule has 21 heavy (non-hydrogen) atoms. The van der Waals surface area contributed by atoms with Gasteiger partial charge in [0.25, 0.3) is 0 Å². The summed E-state index contributed by atoms with van der Waals surface area (Å²) in [5.41, 5.74) is 6.72. The highest BCUT2D eigenvalue weighted by Gasteiger charge is 2.15. The average molecular weight is 295 g/mol. The van der Waals surface area contributed by atoms with Crippen molar-refractivity contribution in [2.45, 2.75) is 12.5 Å². The van der Waals surface area contributed by atoms with Gasteiger partial charge >= 0.3 is 0 Å². The standard InChI is InChI=1S/C15H22FN3O2/c16-13-3-1-12(2-4-13)11-14(17)15(20)18-5-6-19-7-9-21-10-8-19/h1-4,14H,5-11,17H2,(H,18,20). The summed E-state index contributed by atoms with van der Waals surface area (Å²) >= 11 is 0. The van der Waals surface area contributed by atoms with Gasteiger partial charge in [-0.05, 0) is 24.1 Å². The molecule has 1 aliphatic heterocycles. The second kappa shape index (κ2) is 8.07. The van der Waals surface area contributed by atoms with Crippen molar-refractivity contribution in [2.24, 2.45) is 5.73 Å². The van der Waals surface area contributed by atoms with Crippen molar-refractivity contribution in [1.29, 1.82) is 0 Å². The lowest BCUT2D eigenvalue weighted by molar-refractivity contribution is -0.122. The zero-order chi connectivity index (χ0) is 15.1. The number of ether oxygens (including phenoxy) is 1. The summed E-state index contributed by atoms with van der Waals surface area (Å²) in [5, 5.41) is 2.84. The van der Waals surface area contributed by atoms with Crippen LogP contribution in [0.15, 0.2) is 24.3 Å². The fourth-order valence-electron chi connectivity index (χ4n) is 2.26. The number of hydrogen-bond donors (Lipinski definition) is 2. The van der Waals surface area contributed by atoms with E-state index < -0.39 is 6.04 Å². The summed E-state index contributed by atoms with van der Waals surface area (Å²) in [6, 6.07) is 5.43. The predicted octanol–water partition coefficient (Wildman–Crippen LogP) is 0.144. The number of amides is 1. The average Bonchev–Trinajstić information content (AvgIpc) is 2.50. The Balaban J connectivity index is 1.68. The van der Waals surface area contributed by atoms with Gasteiger partial charge < -0.3 is 15.8 Å². The van der Waals surface area contributed by atoms with Crippen LogP contribution in [0.1, 0.15) is 5.56 Å². The smallest absolute Gasteiger partial charge is 0.237 e. The molecule has 0 aliphatic carbocycles. The van der Waals surface area contributed by atoms with Crippen LogP contribution >= 0.6 is 0 Å². The van der Waals surface area contributed by atoms with Gasteiger partial charge in [-0.25, -0.2) is 4.39 Å². The molecule has 1 saturated heterocycles. The first-order valence-electron chi connectivity index (χ1n) is 7.23. The molecule has 3 N–H and O–H groups in total. The zero-order valence-electron chi connectivity index (χ0n) is 12.1. The molecule has 1 fully saturated rings. The molecule has 1 amide bonds. The number of halogens is 1. The van der Waals surface area contributed by atoms with Gasteiger partial charge in [0.2, 0.25) is 5.91 Å². The van der Waals surface area contributed by atoms with Crippen molar-refractivity contribution in [1.82, 2.24) is 10.2 Å². The van der Waals surface area contributed by atoms with Crippen LogP contribution in [0, 0.1) is 5.82 Å². The Morgan fingerprint density at radius 3 is 2.67 bits per heavy atom. The third-order valence-corrected chi connectivity index (χ3v) is 3.54. The van der Waals surface area contributed by atoms with Crippen LogP contribution in [0.2, 0.25) is 0 Å². The molecule has 1 heterocycles. The van der Waals surface area contributed by atoms with Gasteiger partial charge in [0.15, 0.2) is 0 Å². The molecule has 1 unspecified atom stereocenters. The van der Waals surface area contributed by atoms with E-state index in [1.54, 1.807) is 12.1 Å². The molecule has 0 aromatic heterocycles. The van der Waals surface area contributed by atoms with E-state index in [0.29, 0.717) is 13.0 Å². The molecular formula is C15H22FN3O2. The first-order valence-corrected chi connectivity index (χ1v) is 7.23. The molecule has 116 valence electrons. The van der Waals surface area contributed by atoms with Gasteiger partial charge in [0, 0.05) is 26.2 Å². The van der Waals surface area contributed by atoms with E-state index in [9.17, 15) is 9.18 Å². The molecule has 1 aromatic rings. The fraction of sp³-hybridized carbons (Fsp3) is 0.533. The number of morpholine rings is 1. The molecule has 5 nitrogen and oxygen atoms in total. The Labute approximate surface area is 124 Å². The molecule has 1 atom stereocenters. The Morgan fingerprint density at radius 2 is 2.00 bits per heavy atom. The largest absolute Gasteiger partial charge is 0.379 e. The number of hydrogen-bond acceptors (Lipinski definition) is 4. The van der Waals surface area contributed by atoms with E-state index in [2.05, 4.69) is 10.2 Å². The van der Waals surface area contributed by atoms with Gasteiger partial charge in [0.05, 0.1) is 19.3 Å². The Morgan fingerprint density at radius 1 is 1.33 bits per heavy atom. The van der Waals surface area contributed by atoms with Gasteiger partial charge in [0.1, 0.15) is 5.82 Å². The fourth-order valence-corrected chi connectivity index (χ4v) is 2.26. The highest BCUT2D eigenvalue weighted by molar-refractivity contribution is 5.81. The highest BCUT2D eigenvalue weighted by Crippen LogP contribution is 2.05. The number of nitrogens with one attached hydrogen (secondary N) is 1. The van der Waals surface area contributed by atoms with Crippen molar-refractivity contribution in [2.75, 3.05) is 39.4 Å². The minimum absolute atomic E-state index is 0.174. The molecule has 0 saturated carbocycles. The van der Waals surface area contributed by atoms with Crippen LogP contribution in [-0.4, -0.2) is 56.2 Å². The number of carbonyl (C=O) groups excluding carboxylic acids is 1. The first kappa shape index (κ1) is 15.9. The normalized spacial score (nSPS) is 17.4. The third kappa shape index (κ3) is 5.41. The number of rotatable bonds is 6. The van der Waals surface area contributed by atoms with E-state index in [1.807, 2.05) is 0 Å². The predicted molar refractivity (Wildman–Crippen MR) is 78.3 cm³/mol. The van der Waals surface area contributed by atoms with E-state index >= 15 is 0 Å². The lowest BCUT2D eigenvalue weighted by Gasteiger charge is -2.26. The number of nitrogens with two attached hydrogens (primary N) is 1. The summed E-state index contributed by atoms with van der Waals surface area (Å²) in [5.74, 6) is -0.463. The topological polar surface area (TPSA) is 67.6 Å². The van der Waals surface area contributed by atoms with Crippen LogP contribution in [-0.2, 0) is 16.0 Å². The highest BCUT2D eigenvalue weighted by atomic mass is 19.1. The summed E-state index contributed by atoms with van der Waals surface area (Å²) < 4.78 is 18.1. The number of nitrogens with zero attached hydrogens (tertiary/aromatic N) is 1. The summed E-state index contributed by atoms with van der Waals surface area (Å²) in [6.45, 7) is 4.68. The van der Waals surface area contributed by atoms with E-state index in [1.165, 1.54) is 12.1 Å². The van der Waals surface area contributed by atoms with Crippen molar-refractivity contribution < 1.29 is 13.9 Å². The van der Waals surface area contributed by atoms with Crippen molar-refractivity contribution in [3.63, 3.8) is 0 Å². The van der Waals surface area contributed by atoms with Gasteiger partial charge in [-0.2, -0.15) is 0 Å². The molecular weight excluding hydrogens is 273 g/mol. The molecule has 1 aliphatic rings. The minimum atomic E-state index is -0.611. The second-order valence-electron chi connectivity index (χ2n) is 5.18. The summed E-state index contributed by atoms with van der Waals surface area (Å²) in [4.78, 5) is 14.1. The molecule has 0 spiro atoms. The molecule has 0 radical (unpaired) electrons. The van der Waals surface area contributed by atoms with Gasteiger partial charge in [-0.1, -0.05) is 12.1 Å². The first-order chi connectivity index (χ1) is 10.1. The Hall–Kier alpha value is -1.50. The lowest BCUT2D eigenvalue weighted by atomic mass is 10.1. The lowest BCUT2D eigenvalue weighted by Crippen LogP contribution is -2.46. The minimum Gasteiger partial charge on any atom is -0.379 e. The maximum atomic E-state index is 12.8. The van der Waals surface area contributed by atoms with E-state index in [0.717, 1.165) is 38.4 Å². The second-order valence-corrected chi connectivity index (χ2v) is 5.18. The monoisotopic (exact) mass is 295 g/mol. The molecule has 1 aromatic carbocycles. The number of carbonyl (C=O) groups is 1. The molecule has 6 heteroatoms. The van der Waals surface area contributed by atoms with Gasteiger partial charge in [-0.3, -0.25) is 9.69 Å². The van der Waals surface area contributed by atoms with E-state index in [4.69, 9.17) is 10.5 Å². The summed E-state index contributed by atoms with van der Waals surface area (Å²) in [7, 11) is 0. The molecule has 0 bridgehead atoms. The Kier molecular flexibility index (Phi) is 6.10. The van der Waals surface area contributed by atoms with Crippen LogP contribution in [0.4, 0.5) is 4.39 Å². The number of benzene rings is 1. The quantitative estimate of drug-likeness (QED) is 0.783. The van der Waals surface area contributed by atoms with Crippen molar-refractivity contribution in [3.8, 4) is 0 Å². The van der Waals surface area contributed by atoms with Crippen LogP contribution < -0.4 is 11.1 Å². The zero-order valence-corrected chi connectivity index (χ0v) is 12.1. The van der Waals surface area contributed by atoms with Crippen molar-refractivity contribution >= 4 is 5.91 Å². The van der Waals surface area contributed by atoms with Crippen molar-refractivity contribution in [3.05, 3.63) is 35.6 Å². The van der Waals surface area contributed by atoms with Crippen LogP contribution in [0.3, 0.4) is 0 Å². The third-order valence-electron chi connectivity index (χ3n) is 3.54.